The molecule has 1 heteroatoms. The topological polar surface area (TPSA) is 3.24 Å². The van der Waals surface area contributed by atoms with Crippen LogP contribution in [0, 0.1) is 5.92 Å². The van der Waals surface area contributed by atoms with E-state index in [0.29, 0.717) is 0 Å². The van der Waals surface area contributed by atoms with Gasteiger partial charge in [-0.05, 0) is 51.0 Å². The normalized spacial score (nSPS) is 35.2. The van der Waals surface area contributed by atoms with Crippen LogP contribution in [0.2, 0.25) is 0 Å². The van der Waals surface area contributed by atoms with Gasteiger partial charge in [0.05, 0.1) is 0 Å². The van der Waals surface area contributed by atoms with Crippen molar-refractivity contribution in [1.82, 2.24) is 4.90 Å². The van der Waals surface area contributed by atoms with Gasteiger partial charge in [-0.2, -0.15) is 0 Å². The van der Waals surface area contributed by atoms with Gasteiger partial charge in [-0.25, -0.2) is 0 Å². The molecule has 2 aliphatic rings. The number of nitrogens with zero attached hydrogens (tertiary/aromatic N) is 1. The number of hydrogen-bond acceptors (Lipinski definition) is 1. The van der Waals surface area contributed by atoms with Crippen molar-refractivity contribution in [3.63, 3.8) is 0 Å². The Kier molecular flexibility index (Phi) is 4.69. The van der Waals surface area contributed by atoms with E-state index in [9.17, 15) is 0 Å². The standard InChI is InChI=1S/C15H29N/c1-3-5-8-13-10-11-14(7-4-2)16-12-6-9-15(13)16/h13-15H,3-12H2,1-2H3/t13-,14+,15+/m0/s1. The minimum absolute atomic E-state index is 0.940. The Bertz CT molecular complexity index is 202. The third-order valence-corrected chi connectivity index (χ3v) is 4.78. The molecule has 0 saturated carbocycles. The molecule has 1 nitrogen and oxygen atoms in total. The van der Waals surface area contributed by atoms with E-state index in [1.807, 2.05) is 0 Å². The minimum atomic E-state index is 0.940. The van der Waals surface area contributed by atoms with E-state index in [-0.39, 0.29) is 0 Å². The third-order valence-electron chi connectivity index (χ3n) is 4.78. The molecule has 16 heavy (non-hydrogen) atoms. The van der Waals surface area contributed by atoms with Crippen molar-refractivity contribution >= 4 is 0 Å². The number of rotatable bonds is 5. The first-order chi connectivity index (χ1) is 7.86. The second-order valence-electron chi connectivity index (χ2n) is 5.87. The highest BCUT2D eigenvalue weighted by Crippen LogP contribution is 2.38. The summed E-state index contributed by atoms with van der Waals surface area (Å²) in [6.45, 7) is 6.07. The molecule has 0 aromatic carbocycles. The van der Waals surface area contributed by atoms with Crippen molar-refractivity contribution in [1.29, 1.82) is 0 Å². The molecule has 2 saturated heterocycles. The van der Waals surface area contributed by atoms with Crippen molar-refractivity contribution in [3.05, 3.63) is 0 Å². The summed E-state index contributed by atoms with van der Waals surface area (Å²) in [5, 5.41) is 0. The average Bonchev–Trinajstić information content (AvgIpc) is 2.78. The molecule has 0 N–H and O–H groups in total. The molecule has 0 amide bonds. The Morgan fingerprint density at radius 1 is 1.00 bits per heavy atom. The SMILES string of the molecule is CCCC[C@H]1CC[C@@H](CCC)N2CCC[C@H]12. The highest BCUT2D eigenvalue weighted by molar-refractivity contribution is 4.93. The molecule has 2 fully saturated rings. The number of unbranched alkanes of at least 4 members (excludes halogenated alkanes) is 1. The van der Waals surface area contributed by atoms with E-state index < -0.39 is 0 Å². The van der Waals surface area contributed by atoms with Crippen molar-refractivity contribution < 1.29 is 0 Å². The van der Waals surface area contributed by atoms with Crippen LogP contribution in [0.1, 0.15) is 71.6 Å². The zero-order chi connectivity index (χ0) is 11.4. The Morgan fingerprint density at radius 2 is 1.88 bits per heavy atom. The molecule has 2 rings (SSSR count). The molecule has 3 atom stereocenters. The molecule has 0 radical (unpaired) electrons. The van der Waals surface area contributed by atoms with E-state index in [4.69, 9.17) is 0 Å². The maximum atomic E-state index is 2.88. The van der Waals surface area contributed by atoms with Gasteiger partial charge in [-0.15, -0.1) is 0 Å². The Hall–Kier alpha value is -0.0400. The fourth-order valence-electron chi connectivity index (χ4n) is 3.99. The molecule has 0 aromatic rings. The average molecular weight is 223 g/mol. The Labute approximate surface area is 102 Å². The van der Waals surface area contributed by atoms with Crippen LogP contribution in [0.25, 0.3) is 0 Å². The van der Waals surface area contributed by atoms with Crippen LogP contribution < -0.4 is 0 Å². The number of piperidine rings is 1. The predicted octanol–water partition coefficient (Wildman–Crippen LogP) is 4.22. The lowest BCUT2D eigenvalue weighted by molar-refractivity contribution is 0.0639. The molecule has 0 unspecified atom stereocenters. The van der Waals surface area contributed by atoms with E-state index in [1.54, 1.807) is 0 Å². The fraction of sp³-hybridized carbons (Fsp3) is 1.00. The summed E-state index contributed by atoms with van der Waals surface area (Å²) in [5.41, 5.74) is 0. The summed E-state index contributed by atoms with van der Waals surface area (Å²) in [6, 6.07) is 1.91. The van der Waals surface area contributed by atoms with Crippen LogP contribution in [0.15, 0.2) is 0 Å². The largest absolute Gasteiger partial charge is 0.297 e. The first-order valence-electron chi connectivity index (χ1n) is 7.62. The van der Waals surface area contributed by atoms with Gasteiger partial charge in [-0.3, -0.25) is 4.90 Å². The molecule has 94 valence electrons. The highest BCUT2D eigenvalue weighted by atomic mass is 15.2. The van der Waals surface area contributed by atoms with Crippen molar-refractivity contribution in [2.45, 2.75) is 83.7 Å². The lowest BCUT2D eigenvalue weighted by Gasteiger charge is -2.43. The van der Waals surface area contributed by atoms with Crippen molar-refractivity contribution in [2.24, 2.45) is 5.92 Å². The van der Waals surface area contributed by atoms with E-state index in [1.165, 1.54) is 64.3 Å². The molecule has 0 spiro atoms. The Balaban J connectivity index is 1.91. The zero-order valence-corrected chi connectivity index (χ0v) is 11.3. The smallest absolute Gasteiger partial charge is 0.0127 e. The van der Waals surface area contributed by atoms with Crippen molar-refractivity contribution in [3.8, 4) is 0 Å². The maximum absolute atomic E-state index is 2.88. The number of hydrogen-bond donors (Lipinski definition) is 0. The van der Waals surface area contributed by atoms with Gasteiger partial charge >= 0.3 is 0 Å². The van der Waals surface area contributed by atoms with E-state index in [2.05, 4.69) is 18.7 Å². The van der Waals surface area contributed by atoms with Crippen LogP contribution in [-0.4, -0.2) is 23.5 Å². The van der Waals surface area contributed by atoms with Gasteiger partial charge in [0, 0.05) is 12.1 Å². The van der Waals surface area contributed by atoms with Gasteiger partial charge in [0.2, 0.25) is 0 Å². The molecule has 0 aromatic heterocycles. The van der Waals surface area contributed by atoms with Crippen LogP contribution in [0.3, 0.4) is 0 Å². The van der Waals surface area contributed by atoms with Gasteiger partial charge in [0.15, 0.2) is 0 Å². The monoisotopic (exact) mass is 223 g/mol. The molecule has 2 heterocycles. The van der Waals surface area contributed by atoms with Gasteiger partial charge < -0.3 is 0 Å². The van der Waals surface area contributed by atoms with Gasteiger partial charge in [0.25, 0.3) is 0 Å². The summed E-state index contributed by atoms with van der Waals surface area (Å²) in [4.78, 5) is 2.88. The summed E-state index contributed by atoms with van der Waals surface area (Å²) in [7, 11) is 0. The second-order valence-corrected chi connectivity index (χ2v) is 5.87. The van der Waals surface area contributed by atoms with Crippen LogP contribution in [0.4, 0.5) is 0 Å². The van der Waals surface area contributed by atoms with E-state index in [0.717, 1.165) is 18.0 Å². The maximum Gasteiger partial charge on any atom is 0.0127 e. The Morgan fingerprint density at radius 3 is 2.62 bits per heavy atom. The first kappa shape index (κ1) is 12.4. The van der Waals surface area contributed by atoms with E-state index >= 15 is 0 Å². The van der Waals surface area contributed by atoms with Crippen molar-refractivity contribution in [2.75, 3.05) is 6.54 Å². The summed E-state index contributed by atoms with van der Waals surface area (Å²) < 4.78 is 0. The molecular weight excluding hydrogens is 194 g/mol. The molecule has 2 aliphatic heterocycles. The second kappa shape index (κ2) is 6.05. The molecule has 0 aliphatic carbocycles. The predicted molar refractivity (Wildman–Crippen MR) is 70.7 cm³/mol. The fourth-order valence-corrected chi connectivity index (χ4v) is 3.99. The highest BCUT2D eigenvalue weighted by Gasteiger charge is 2.38. The lowest BCUT2D eigenvalue weighted by atomic mass is 9.81. The molecule has 0 bridgehead atoms. The molecular formula is C15H29N. The van der Waals surface area contributed by atoms with Crippen LogP contribution in [0.5, 0.6) is 0 Å². The van der Waals surface area contributed by atoms with Crippen LogP contribution in [-0.2, 0) is 0 Å². The first-order valence-corrected chi connectivity index (χ1v) is 7.62. The third kappa shape index (κ3) is 2.61. The zero-order valence-electron chi connectivity index (χ0n) is 11.3. The van der Waals surface area contributed by atoms with Gasteiger partial charge in [-0.1, -0.05) is 33.1 Å². The minimum Gasteiger partial charge on any atom is -0.297 e. The quantitative estimate of drug-likeness (QED) is 0.674. The summed E-state index contributed by atoms with van der Waals surface area (Å²) in [6.07, 6.45) is 13.1. The summed E-state index contributed by atoms with van der Waals surface area (Å²) >= 11 is 0. The lowest BCUT2D eigenvalue weighted by Crippen LogP contribution is -2.47. The summed E-state index contributed by atoms with van der Waals surface area (Å²) in [5.74, 6) is 1.04. The number of fused-ring (bicyclic) bond motifs is 1. The van der Waals surface area contributed by atoms with Gasteiger partial charge in [0.1, 0.15) is 0 Å². The van der Waals surface area contributed by atoms with Crippen LogP contribution >= 0.6 is 0 Å².